The number of rotatable bonds is 3. The fourth-order valence-electron chi connectivity index (χ4n) is 2.43. The second-order valence-corrected chi connectivity index (χ2v) is 5.27. The lowest BCUT2D eigenvalue weighted by molar-refractivity contribution is -0.147. The predicted molar refractivity (Wildman–Crippen MR) is 67.4 cm³/mol. The second kappa shape index (κ2) is 6.62. The zero-order valence-electron chi connectivity index (χ0n) is 11.2. The second-order valence-electron chi connectivity index (χ2n) is 5.27. The van der Waals surface area contributed by atoms with Gasteiger partial charge in [0, 0.05) is 19.6 Å². The maximum atomic E-state index is 11.9. The number of unbranched alkanes of at least 4 members (excludes halogenated alkanes) is 1. The van der Waals surface area contributed by atoms with E-state index in [1.165, 1.54) is 0 Å². The number of amides is 2. The normalized spacial score (nSPS) is 24.5. The minimum Gasteiger partial charge on any atom is -0.348 e. The number of nitrogens with one attached hydrogen (secondary N) is 1. The van der Waals surface area contributed by atoms with Crippen molar-refractivity contribution in [3.63, 3.8) is 0 Å². The Kier molecular flexibility index (Phi) is 5.45. The molecule has 1 fully saturated rings. The van der Waals surface area contributed by atoms with Gasteiger partial charge in [0.2, 0.25) is 0 Å². The van der Waals surface area contributed by atoms with Gasteiger partial charge in [-0.2, -0.15) is 0 Å². The fraction of sp³-hybridized carbons (Fsp3) is 0.846. The highest BCUT2D eigenvalue weighted by Crippen LogP contribution is 2.20. The van der Waals surface area contributed by atoms with Crippen LogP contribution in [-0.4, -0.2) is 36.3 Å². The summed E-state index contributed by atoms with van der Waals surface area (Å²) in [6.45, 7) is 8.34. The van der Waals surface area contributed by atoms with E-state index in [2.05, 4.69) is 26.1 Å². The highest BCUT2D eigenvalue weighted by molar-refractivity contribution is 6.35. The molecule has 0 aromatic heterocycles. The minimum absolute atomic E-state index is 0.362. The van der Waals surface area contributed by atoms with E-state index >= 15 is 0 Å². The molecule has 1 N–H and O–H groups in total. The highest BCUT2D eigenvalue weighted by Gasteiger charge is 2.28. The number of carbonyl (C=O) groups excluding carboxylic acids is 2. The number of likely N-dealkylation sites (tertiary alicyclic amines) is 1. The van der Waals surface area contributed by atoms with E-state index in [9.17, 15) is 9.59 Å². The molecule has 0 saturated carbocycles. The zero-order chi connectivity index (χ0) is 12.8. The first-order valence-electron chi connectivity index (χ1n) is 6.61. The molecule has 2 unspecified atom stereocenters. The standard InChI is InChI=1S/C13H24N2O2/c1-4-5-6-14-12(16)13(17)15-8-10(2)7-11(3)9-15/h10-11H,4-9H2,1-3H3,(H,14,16). The topological polar surface area (TPSA) is 49.4 Å². The summed E-state index contributed by atoms with van der Waals surface area (Å²) in [5.41, 5.74) is 0. The molecule has 1 rings (SSSR count). The summed E-state index contributed by atoms with van der Waals surface area (Å²) in [6.07, 6.45) is 3.08. The predicted octanol–water partition coefficient (Wildman–Crippen LogP) is 1.41. The maximum Gasteiger partial charge on any atom is 0.311 e. The Morgan fingerprint density at radius 1 is 1.24 bits per heavy atom. The lowest BCUT2D eigenvalue weighted by Crippen LogP contribution is -2.49. The summed E-state index contributed by atoms with van der Waals surface area (Å²) in [5, 5.41) is 2.68. The average molecular weight is 240 g/mol. The third-order valence-corrected chi connectivity index (χ3v) is 3.17. The minimum atomic E-state index is -0.445. The van der Waals surface area contributed by atoms with Crippen LogP contribution in [0.4, 0.5) is 0 Å². The van der Waals surface area contributed by atoms with Crippen LogP contribution in [0.2, 0.25) is 0 Å². The molecule has 0 radical (unpaired) electrons. The van der Waals surface area contributed by atoms with Crippen LogP contribution < -0.4 is 5.32 Å². The maximum absolute atomic E-state index is 11.9. The van der Waals surface area contributed by atoms with Gasteiger partial charge in [-0.1, -0.05) is 27.2 Å². The van der Waals surface area contributed by atoms with Crippen molar-refractivity contribution in [2.75, 3.05) is 19.6 Å². The molecule has 4 nitrogen and oxygen atoms in total. The third kappa shape index (κ3) is 4.36. The Labute approximate surface area is 104 Å². The molecule has 2 amide bonds. The Morgan fingerprint density at radius 3 is 2.35 bits per heavy atom. The largest absolute Gasteiger partial charge is 0.348 e. The van der Waals surface area contributed by atoms with Gasteiger partial charge < -0.3 is 10.2 Å². The van der Waals surface area contributed by atoms with E-state index in [1.54, 1.807) is 4.90 Å². The van der Waals surface area contributed by atoms with Crippen LogP contribution >= 0.6 is 0 Å². The number of hydrogen-bond acceptors (Lipinski definition) is 2. The molecule has 1 saturated heterocycles. The van der Waals surface area contributed by atoms with Crippen LogP contribution in [-0.2, 0) is 9.59 Å². The van der Waals surface area contributed by atoms with Gasteiger partial charge in [-0.3, -0.25) is 9.59 Å². The highest BCUT2D eigenvalue weighted by atomic mass is 16.2. The molecule has 0 spiro atoms. The summed E-state index contributed by atoms with van der Waals surface area (Å²) in [7, 11) is 0. The molecule has 1 aliphatic heterocycles. The Balaban J connectivity index is 2.42. The van der Waals surface area contributed by atoms with Crippen molar-refractivity contribution in [2.45, 2.75) is 40.0 Å². The summed E-state index contributed by atoms with van der Waals surface area (Å²) < 4.78 is 0. The van der Waals surface area contributed by atoms with Crippen LogP contribution in [0.3, 0.4) is 0 Å². The lowest BCUT2D eigenvalue weighted by atomic mass is 9.92. The first kappa shape index (κ1) is 14.0. The first-order chi connectivity index (χ1) is 8.04. The van der Waals surface area contributed by atoms with Crippen molar-refractivity contribution in [2.24, 2.45) is 11.8 Å². The first-order valence-corrected chi connectivity index (χ1v) is 6.61. The molecule has 0 bridgehead atoms. The van der Waals surface area contributed by atoms with Crippen molar-refractivity contribution in [3.8, 4) is 0 Å². The van der Waals surface area contributed by atoms with Crippen molar-refractivity contribution in [1.29, 1.82) is 0 Å². The fourth-order valence-corrected chi connectivity index (χ4v) is 2.43. The van der Waals surface area contributed by atoms with Gasteiger partial charge in [0.1, 0.15) is 0 Å². The van der Waals surface area contributed by atoms with Crippen LogP contribution in [0.15, 0.2) is 0 Å². The van der Waals surface area contributed by atoms with Crippen LogP contribution in [0.5, 0.6) is 0 Å². The summed E-state index contributed by atoms with van der Waals surface area (Å²) in [4.78, 5) is 25.2. The van der Waals surface area contributed by atoms with E-state index < -0.39 is 5.91 Å². The van der Waals surface area contributed by atoms with E-state index in [-0.39, 0.29) is 5.91 Å². The molecular weight excluding hydrogens is 216 g/mol. The smallest absolute Gasteiger partial charge is 0.311 e. The number of piperidine rings is 1. The Hall–Kier alpha value is -1.06. The van der Waals surface area contributed by atoms with Crippen molar-refractivity contribution in [3.05, 3.63) is 0 Å². The monoisotopic (exact) mass is 240 g/mol. The SMILES string of the molecule is CCCCNC(=O)C(=O)N1CC(C)CC(C)C1. The number of nitrogens with zero attached hydrogens (tertiary/aromatic N) is 1. The van der Waals surface area contributed by atoms with Gasteiger partial charge >= 0.3 is 11.8 Å². The molecule has 2 atom stereocenters. The lowest BCUT2D eigenvalue weighted by Gasteiger charge is -2.34. The molecule has 0 aliphatic carbocycles. The summed E-state index contributed by atoms with van der Waals surface area (Å²) in [6, 6.07) is 0. The van der Waals surface area contributed by atoms with Crippen molar-refractivity contribution < 1.29 is 9.59 Å². The van der Waals surface area contributed by atoms with Gasteiger partial charge in [0.05, 0.1) is 0 Å². The summed E-state index contributed by atoms with van der Waals surface area (Å²) >= 11 is 0. The molecule has 1 aliphatic rings. The van der Waals surface area contributed by atoms with E-state index in [0.717, 1.165) is 19.3 Å². The third-order valence-electron chi connectivity index (χ3n) is 3.17. The molecule has 4 heteroatoms. The quantitative estimate of drug-likeness (QED) is 0.599. The van der Waals surface area contributed by atoms with Crippen molar-refractivity contribution >= 4 is 11.8 Å². The van der Waals surface area contributed by atoms with Crippen LogP contribution in [0.25, 0.3) is 0 Å². The van der Waals surface area contributed by atoms with Gasteiger partial charge in [-0.15, -0.1) is 0 Å². The number of hydrogen-bond donors (Lipinski definition) is 1. The van der Waals surface area contributed by atoms with E-state index in [1.807, 2.05) is 0 Å². The van der Waals surface area contributed by atoms with Crippen LogP contribution in [0.1, 0.15) is 40.0 Å². The molecule has 0 aromatic rings. The van der Waals surface area contributed by atoms with E-state index in [0.29, 0.717) is 31.5 Å². The molecule has 98 valence electrons. The molecule has 0 aromatic carbocycles. The summed E-state index contributed by atoms with van der Waals surface area (Å²) in [5.74, 6) is 0.177. The number of carbonyl (C=O) groups is 2. The van der Waals surface area contributed by atoms with Gasteiger partial charge in [0.25, 0.3) is 0 Å². The van der Waals surface area contributed by atoms with Crippen LogP contribution in [0, 0.1) is 11.8 Å². The van der Waals surface area contributed by atoms with Crippen molar-refractivity contribution in [1.82, 2.24) is 10.2 Å². The Bertz CT molecular complexity index is 269. The van der Waals surface area contributed by atoms with Gasteiger partial charge in [-0.25, -0.2) is 0 Å². The van der Waals surface area contributed by atoms with Gasteiger partial charge in [0.15, 0.2) is 0 Å². The zero-order valence-corrected chi connectivity index (χ0v) is 11.2. The molecular formula is C13H24N2O2. The van der Waals surface area contributed by atoms with E-state index in [4.69, 9.17) is 0 Å². The molecule has 17 heavy (non-hydrogen) atoms. The van der Waals surface area contributed by atoms with Gasteiger partial charge in [-0.05, 0) is 24.7 Å². The average Bonchev–Trinajstić information content (AvgIpc) is 2.27. The Morgan fingerprint density at radius 2 is 1.82 bits per heavy atom. The molecule has 1 heterocycles.